The van der Waals surface area contributed by atoms with Crippen LogP contribution in [0.5, 0.6) is 11.5 Å². The highest BCUT2D eigenvalue weighted by Gasteiger charge is 2.67. The normalized spacial score (nSPS) is 29.3. The van der Waals surface area contributed by atoms with Gasteiger partial charge in [0.25, 0.3) is 0 Å². The van der Waals surface area contributed by atoms with Crippen molar-refractivity contribution in [3.63, 3.8) is 0 Å². The predicted octanol–water partition coefficient (Wildman–Crippen LogP) is 5.68. The molecular weight excluding hydrogens is 580 g/mol. The van der Waals surface area contributed by atoms with E-state index < -0.39 is 29.6 Å². The zero-order valence-corrected chi connectivity index (χ0v) is 25.7. The lowest BCUT2D eigenvalue weighted by Crippen LogP contribution is -2.51. The molecule has 3 aromatic carbocycles. The van der Waals surface area contributed by atoms with Gasteiger partial charge in [-0.1, -0.05) is 48.1 Å². The zero-order chi connectivity index (χ0) is 31.7. The van der Waals surface area contributed by atoms with Crippen molar-refractivity contribution in [2.24, 2.45) is 41.4 Å². The summed E-state index contributed by atoms with van der Waals surface area (Å²) in [5.74, 6) is -3.07. The molecule has 3 aromatic rings. The topological polar surface area (TPSA) is 93.2 Å². The van der Waals surface area contributed by atoms with Gasteiger partial charge in [0.05, 0.1) is 48.3 Å². The highest BCUT2D eigenvalue weighted by atomic mass is 16.5. The molecule has 0 aromatic heterocycles. The SMILES string of the molecule is CCOc1ccc(N2C(=O)[C@H]3[C@@H]4C=C[C@H](C5=C(c6ccccc6)C[C@H]6C(=O)N(c7ccc(OCC)cc7)C(=O)[C@H]6[C@H]54)[C@H]3C2=O)cc1. The number of carbonyl (C=O) groups excluding carboxylic acids is 4. The Morgan fingerprint density at radius 2 is 1.15 bits per heavy atom. The molecule has 4 aliphatic carbocycles. The molecule has 2 heterocycles. The summed E-state index contributed by atoms with van der Waals surface area (Å²) in [6.45, 7) is 4.83. The van der Waals surface area contributed by atoms with E-state index in [9.17, 15) is 19.2 Å². The van der Waals surface area contributed by atoms with Crippen molar-refractivity contribution in [3.05, 3.63) is 102 Å². The van der Waals surface area contributed by atoms with E-state index in [-0.39, 0.29) is 35.5 Å². The van der Waals surface area contributed by atoms with Crippen LogP contribution in [-0.4, -0.2) is 36.8 Å². The van der Waals surface area contributed by atoms with Crippen LogP contribution < -0.4 is 19.3 Å². The van der Waals surface area contributed by atoms with Gasteiger partial charge < -0.3 is 9.47 Å². The number of hydrogen-bond acceptors (Lipinski definition) is 6. The molecule has 9 rings (SSSR count). The standard InChI is InChI=1S/C38H34N2O6/c1-3-45-24-14-10-22(11-15-24)39-35(41)29-20-28(21-8-6-5-7-9-21)30-26-18-19-27(31(30)34(29)38(39)44)33-32(26)36(42)40(37(33)43)23-12-16-25(17-13-23)46-4-2/h5-19,26-27,29,31-34H,3-4,20H2,1-2H3/t26-,27-,29-,31+,32-,33+,34-/m1/s1. The molecule has 7 atom stereocenters. The van der Waals surface area contributed by atoms with E-state index in [1.165, 1.54) is 9.80 Å². The van der Waals surface area contributed by atoms with Gasteiger partial charge in [-0.3, -0.25) is 29.0 Å². The molecule has 6 aliphatic rings. The third-order valence-corrected chi connectivity index (χ3v) is 10.4. The quantitative estimate of drug-likeness (QED) is 0.251. The summed E-state index contributed by atoms with van der Waals surface area (Å²) in [4.78, 5) is 59.7. The molecule has 46 heavy (non-hydrogen) atoms. The summed E-state index contributed by atoms with van der Waals surface area (Å²) < 4.78 is 11.2. The van der Waals surface area contributed by atoms with Gasteiger partial charge in [-0.2, -0.15) is 0 Å². The minimum Gasteiger partial charge on any atom is -0.494 e. The van der Waals surface area contributed by atoms with Gasteiger partial charge >= 0.3 is 0 Å². The second kappa shape index (κ2) is 10.8. The first-order valence-corrected chi connectivity index (χ1v) is 16.1. The second-order valence-corrected chi connectivity index (χ2v) is 12.6. The number of imide groups is 2. The van der Waals surface area contributed by atoms with Crippen molar-refractivity contribution < 1.29 is 28.7 Å². The molecule has 0 radical (unpaired) electrons. The fraction of sp³-hybridized carbons (Fsp3) is 0.316. The van der Waals surface area contributed by atoms with Crippen LogP contribution in [0.1, 0.15) is 25.8 Å². The molecule has 2 aliphatic heterocycles. The molecule has 1 saturated carbocycles. The van der Waals surface area contributed by atoms with Gasteiger partial charge in [0, 0.05) is 11.8 Å². The third kappa shape index (κ3) is 4.05. The molecule has 8 heteroatoms. The Morgan fingerprint density at radius 3 is 1.74 bits per heavy atom. The molecule has 2 bridgehead atoms. The second-order valence-electron chi connectivity index (χ2n) is 12.6. The van der Waals surface area contributed by atoms with Crippen molar-refractivity contribution in [2.45, 2.75) is 20.3 Å². The average molecular weight is 615 g/mol. The van der Waals surface area contributed by atoms with Crippen LogP contribution in [0.4, 0.5) is 11.4 Å². The average Bonchev–Trinajstić information content (AvgIpc) is 3.51. The smallest absolute Gasteiger partial charge is 0.238 e. The number of hydrogen-bond donors (Lipinski definition) is 0. The van der Waals surface area contributed by atoms with Gasteiger partial charge in [-0.15, -0.1) is 0 Å². The summed E-state index contributed by atoms with van der Waals surface area (Å²) >= 11 is 0. The first kappa shape index (κ1) is 28.5. The molecule has 0 unspecified atom stereocenters. The maximum Gasteiger partial charge on any atom is 0.238 e. The Morgan fingerprint density at radius 1 is 0.609 bits per heavy atom. The molecule has 232 valence electrons. The number of anilines is 2. The van der Waals surface area contributed by atoms with E-state index >= 15 is 0 Å². The van der Waals surface area contributed by atoms with Crippen molar-refractivity contribution >= 4 is 40.6 Å². The van der Waals surface area contributed by atoms with Crippen LogP contribution in [-0.2, 0) is 19.2 Å². The Kier molecular flexibility index (Phi) is 6.71. The van der Waals surface area contributed by atoms with E-state index in [0.29, 0.717) is 42.5 Å². The third-order valence-electron chi connectivity index (χ3n) is 10.4. The van der Waals surface area contributed by atoms with Gasteiger partial charge in [0.15, 0.2) is 0 Å². The number of nitrogens with zero attached hydrogens (tertiary/aromatic N) is 2. The lowest BCUT2D eigenvalue weighted by atomic mass is 9.49. The van der Waals surface area contributed by atoms with E-state index in [1.807, 2.05) is 50.3 Å². The maximum absolute atomic E-state index is 14.4. The van der Waals surface area contributed by atoms with E-state index in [4.69, 9.17) is 9.47 Å². The first-order chi connectivity index (χ1) is 22.4. The van der Waals surface area contributed by atoms with Crippen LogP contribution >= 0.6 is 0 Å². The molecule has 2 saturated heterocycles. The van der Waals surface area contributed by atoms with E-state index in [1.54, 1.807) is 48.5 Å². The number of allylic oxidation sites excluding steroid dienone is 4. The van der Waals surface area contributed by atoms with Crippen LogP contribution in [0.2, 0.25) is 0 Å². The van der Waals surface area contributed by atoms with Crippen LogP contribution in [0.25, 0.3) is 5.57 Å². The Bertz CT molecular complexity index is 1810. The minimum absolute atomic E-state index is 0.219. The lowest BCUT2D eigenvalue weighted by Gasteiger charge is -2.51. The molecule has 0 N–H and O–H groups in total. The van der Waals surface area contributed by atoms with Gasteiger partial charge in [-0.25, -0.2) is 0 Å². The Hall–Kier alpha value is -4.98. The Labute approximate surface area is 267 Å². The van der Waals surface area contributed by atoms with Crippen molar-refractivity contribution in [2.75, 3.05) is 23.0 Å². The molecule has 8 nitrogen and oxygen atoms in total. The summed E-state index contributed by atoms with van der Waals surface area (Å²) in [5.41, 5.74) is 4.06. The first-order valence-electron chi connectivity index (χ1n) is 16.1. The van der Waals surface area contributed by atoms with Gasteiger partial charge in [0.2, 0.25) is 23.6 Å². The molecule has 3 fully saturated rings. The maximum atomic E-state index is 14.4. The monoisotopic (exact) mass is 614 g/mol. The van der Waals surface area contributed by atoms with Crippen LogP contribution in [0.3, 0.4) is 0 Å². The number of ether oxygens (including phenoxy) is 2. The summed E-state index contributed by atoms with van der Waals surface area (Å²) in [6.07, 6.45) is 4.51. The summed E-state index contributed by atoms with van der Waals surface area (Å²) in [7, 11) is 0. The van der Waals surface area contributed by atoms with Gasteiger partial charge in [0.1, 0.15) is 11.5 Å². The van der Waals surface area contributed by atoms with Crippen molar-refractivity contribution in [3.8, 4) is 11.5 Å². The number of fused-ring (bicyclic) bond motifs is 1. The van der Waals surface area contributed by atoms with E-state index in [2.05, 4.69) is 6.08 Å². The molecular formula is C38H34N2O6. The number of amides is 4. The van der Waals surface area contributed by atoms with Crippen LogP contribution in [0.15, 0.2) is 96.6 Å². The highest BCUT2D eigenvalue weighted by Crippen LogP contribution is 2.63. The Balaban J connectivity index is 1.22. The van der Waals surface area contributed by atoms with Gasteiger partial charge in [-0.05, 0) is 85.9 Å². The summed E-state index contributed by atoms with van der Waals surface area (Å²) in [6, 6.07) is 24.0. The zero-order valence-electron chi connectivity index (χ0n) is 25.7. The van der Waals surface area contributed by atoms with Crippen LogP contribution in [0, 0.1) is 41.4 Å². The number of carbonyl (C=O) groups is 4. The van der Waals surface area contributed by atoms with E-state index in [0.717, 1.165) is 16.7 Å². The summed E-state index contributed by atoms with van der Waals surface area (Å²) in [5, 5.41) is 0. The fourth-order valence-electron chi connectivity index (χ4n) is 8.74. The largest absolute Gasteiger partial charge is 0.494 e. The van der Waals surface area contributed by atoms with Crippen molar-refractivity contribution in [1.29, 1.82) is 0 Å². The van der Waals surface area contributed by atoms with Crippen molar-refractivity contribution in [1.82, 2.24) is 0 Å². The number of rotatable bonds is 7. The molecule has 4 amide bonds. The number of benzene rings is 3. The highest BCUT2D eigenvalue weighted by molar-refractivity contribution is 6.24. The molecule has 0 spiro atoms. The minimum atomic E-state index is -0.623. The lowest BCUT2D eigenvalue weighted by molar-refractivity contribution is -0.129. The fourth-order valence-corrected chi connectivity index (χ4v) is 8.74. The predicted molar refractivity (Wildman–Crippen MR) is 172 cm³/mol.